The molecule has 1 aromatic rings. The van der Waals surface area contributed by atoms with Crippen molar-refractivity contribution in [3.8, 4) is 0 Å². The first-order valence-electron chi connectivity index (χ1n) is 11.2. The van der Waals surface area contributed by atoms with Crippen LogP contribution in [0.25, 0.3) is 0 Å². The number of halogens is 1. The van der Waals surface area contributed by atoms with Gasteiger partial charge in [-0.3, -0.25) is 14.7 Å². The third-order valence-electron chi connectivity index (χ3n) is 6.13. The van der Waals surface area contributed by atoms with E-state index in [1.807, 2.05) is 11.9 Å². The molecule has 30 heavy (non-hydrogen) atoms. The summed E-state index contributed by atoms with van der Waals surface area (Å²) in [5.74, 6) is 1.12. The zero-order chi connectivity index (χ0) is 20.5. The Hall–Kier alpha value is -1.35. The van der Waals surface area contributed by atoms with Gasteiger partial charge in [-0.2, -0.15) is 0 Å². The van der Waals surface area contributed by atoms with Crippen LogP contribution in [0, 0.1) is 0 Å². The highest BCUT2D eigenvalue weighted by Gasteiger charge is 2.21. The summed E-state index contributed by atoms with van der Waals surface area (Å²) >= 11 is 0. The summed E-state index contributed by atoms with van der Waals surface area (Å²) in [5, 5.41) is 6.87. The van der Waals surface area contributed by atoms with Gasteiger partial charge in [0.05, 0.1) is 0 Å². The maximum Gasteiger partial charge on any atom is 0.222 e. The highest BCUT2D eigenvalue weighted by molar-refractivity contribution is 14.0. The van der Waals surface area contributed by atoms with E-state index in [0.717, 1.165) is 44.6 Å². The van der Waals surface area contributed by atoms with Gasteiger partial charge < -0.3 is 15.5 Å². The number of likely N-dealkylation sites (tertiary alicyclic amines) is 2. The molecule has 168 valence electrons. The second kappa shape index (κ2) is 13.1. The lowest BCUT2D eigenvalue weighted by Crippen LogP contribution is -2.45. The lowest BCUT2D eigenvalue weighted by molar-refractivity contribution is -0.128. The third kappa shape index (κ3) is 7.41. The molecule has 2 fully saturated rings. The fourth-order valence-corrected chi connectivity index (χ4v) is 4.47. The van der Waals surface area contributed by atoms with Crippen molar-refractivity contribution in [2.24, 2.45) is 4.99 Å². The zero-order valence-electron chi connectivity index (χ0n) is 18.5. The van der Waals surface area contributed by atoms with E-state index in [4.69, 9.17) is 0 Å². The summed E-state index contributed by atoms with van der Waals surface area (Å²) in [6.07, 6.45) is 6.95. The summed E-state index contributed by atoms with van der Waals surface area (Å²) in [5.41, 5.74) is 2.40. The van der Waals surface area contributed by atoms with Crippen LogP contribution >= 0.6 is 24.0 Å². The number of rotatable bonds is 8. The molecule has 0 saturated carbocycles. The van der Waals surface area contributed by atoms with E-state index < -0.39 is 0 Å². The van der Waals surface area contributed by atoms with Crippen LogP contribution in [0.15, 0.2) is 29.3 Å². The first-order valence-corrected chi connectivity index (χ1v) is 11.2. The SMILES string of the molecule is CCC1CCCCN1CCNC(=NC)NCc1cccc(CN2CCCC2=O)c1.I. The Kier molecular flexibility index (Phi) is 10.9. The Balaban J connectivity index is 0.00000320. The number of hydrogen-bond acceptors (Lipinski definition) is 3. The van der Waals surface area contributed by atoms with Crippen LogP contribution in [0.2, 0.25) is 0 Å². The maximum absolute atomic E-state index is 11.9. The first kappa shape index (κ1) is 24.9. The van der Waals surface area contributed by atoms with Gasteiger partial charge in [0.25, 0.3) is 0 Å². The van der Waals surface area contributed by atoms with E-state index in [-0.39, 0.29) is 29.9 Å². The van der Waals surface area contributed by atoms with Crippen molar-refractivity contribution in [3.05, 3.63) is 35.4 Å². The number of guanidine groups is 1. The maximum atomic E-state index is 11.9. The van der Waals surface area contributed by atoms with Crippen LogP contribution in [-0.2, 0) is 17.9 Å². The second-order valence-corrected chi connectivity index (χ2v) is 8.19. The Labute approximate surface area is 198 Å². The van der Waals surface area contributed by atoms with Gasteiger partial charge in [0.15, 0.2) is 5.96 Å². The molecule has 6 nitrogen and oxygen atoms in total. The predicted molar refractivity (Wildman–Crippen MR) is 134 cm³/mol. The molecule has 0 bridgehead atoms. The molecule has 2 saturated heterocycles. The smallest absolute Gasteiger partial charge is 0.222 e. The van der Waals surface area contributed by atoms with Gasteiger partial charge in [-0.1, -0.05) is 37.6 Å². The quantitative estimate of drug-likeness (QED) is 0.309. The summed E-state index contributed by atoms with van der Waals surface area (Å²) in [6, 6.07) is 9.22. The molecule has 1 unspecified atom stereocenters. The topological polar surface area (TPSA) is 60.0 Å². The lowest BCUT2D eigenvalue weighted by atomic mass is 10.0. The average molecular weight is 527 g/mol. The van der Waals surface area contributed by atoms with Crippen LogP contribution in [0.3, 0.4) is 0 Å². The van der Waals surface area contributed by atoms with Crippen molar-refractivity contribution in [3.63, 3.8) is 0 Å². The molecule has 2 heterocycles. The lowest BCUT2D eigenvalue weighted by Gasteiger charge is -2.35. The first-order chi connectivity index (χ1) is 14.2. The Morgan fingerprint density at radius 1 is 1.17 bits per heavy atom. The zero-order valence-corrected chi connectivity index (χ0v) is 20.9. The molecule has 2 aliphatic heterocycles. The standard InChI is InChI=1S/C23H37N5O.HI/c1-3-21-10-4-5-13-27(21)15-12-25-23(24-2)26-17-19-8-6-9-20(16-19)18-28-14-7-11-22(28)29;/h6,8-9,16,21H,3-5,7,10-15,17-18H2,1-2H3,(H2,24,25,26);1H. The summed E-state index contributed by atoms with van der Waals surface area (Å²) in [4.78, 5) is 20.8. The van der Waals surface area contributed by atoms with E-state index in [1.165, 1.54) is 43.4 Å². The fraction of sp³-hybridized carbons (Fsp3) is 0.652. The predicted octanol–water partition coefficient (Wildman–Crippen LogP) is 3.36. The normalized spacial score (nSPS) is 20.2. The second-order valence-electron chi connectivity index (χ2n) is 8.19. The molecule has 2 aliphatic rings. The highest BCUT2D eigenvalue weighted by atomic mass is 127. The van der Waals surface area contributed by atoms with Crippen molar-refractivity contribution in [2.75, 3.05) is 33.2 Å². The number of benzene rings is 1. The summed E-state index contributed by atoms with van der Waals surface area (Å²) < 4.78 is 0. The Bertz CT molecular complexity index is 696. The van der Waals surface area contributed by atoms with E-state index in [2.05, 4.69) is 51.7 Å². The number of nitrogens with zero attached hydrogens (tertiary/aromatic N) is 3. The number of carbonyl (C=O) groups excluding carboxylic acids is 1. The molecule has 0 spiro atoms. The van der Waals surface area contributed by atoms with Gasteiger partial charge in [0, 0.05) is 52.2 Å². The van der Waals surface area contributed by atoms with Crippen molar-refractivity contribution >= 4 is 35.8 Å². The molecule has 1 amide bonds. The minimum Gasteiger partial charge on any atom is -0.355 e. The van der Waals surface area contributed by atoms with Crippen molar-refractivity contribution in [1.82, 2.24) is 20.4 Å². The molecule has 0 aromatic heterocycles. The highest BCUT2D eigenvalue weighted by Crippen LogP contribution is 2.18. The Morgan fingerprint density at radius 2 is 2.00 bits per heavy atom. The van der Waals surface area contributed by atoms with Gasteiger partial charge >= 0.3 is 0 Å². The molecule has 3 rings (SSSR count). The molecule has 0 aliphatic carbocycles. The van der Waals surface area contributed by atoms with Crippen molar-refractivity contribution in [2.45, 2.75) is 64.6 Å². The number of hydrogen-bond donors (Lipinski definition) is 2. The van der Waals surface area contributed by atoms with Crippen LogP contribution in [-0.4, -0.2) is 60.9 Å². The van der Waals surface area contributed by atoms with Gasteiger partial charge in [-0.05, 0) is 43.4 Å². The van der Waals surface area contributed by atoms with Crippen LogP contribution < -0.4 is 10.6 Å². The van der Waals surface area contributed by atoms with Gasteiger partial charge in [0.1, 0.15) is 0 Å². The number of amides is 1. The molecular weight excluding hydrogens is 489 g/mol. The van der Waals surface area contributed by atoms with Crippen LogP contribution in [0.5, 0.6) is 0 Å². The number of aliphatic imine (C=N–C) groups is 1. The van der Waals surface area contributed by atoms with Gasteiger partial charge in [-0.15, -0.1) is 24.0 Å². The van der Waals surface area contributed by atoms with Crippen molar-refractivity contribution < 1.29 is 4.79 Å². The summed E-state index contributed by atoms with van der Waals surface area (Å²) in [6.45, 7) is 7.82. The molecule has 7 heteroatoms. The number of piperidine rings is 1. The van der Waals surface area contributed by atoms with Gasteiger partial charge in [0.2, 0.25) is 5.91 Å². The van der Waals surface area contributed by atoms with Crippen molar-refractivity contribution in [1.29, 1.82) is 0 Å². The number of nitrogens with one attached hydrogen (secondary N) is 2. The number of carbonyl (C=O) groups is 1. The van der Waals surface area contributed by atoms with E-state index in [9.17, 15) is 4.79 Å². The molecule has 1 aromatic carbocycles. The minimum atomic E-state index is 0. The largest absolute Gasteiger partial charge is 0.355 e. The molecular formula is C23H38IN5O. The van der Waals surface area contributed by atoms with Gasteiger partial charge in [-0.25, -0.2) is 0 Å². The third-order valence-corrected chi connectivity index (χ3v) is 6.13. The van der Waals surface area contributed by atoms with E-state index >= 15 is 0 Å². The average Bonchev–Trinajstić information content (AvgIpc) is 3.15. The van der Waals surface area contributed by atoms with Crippen LogP contribution in [0.4, 0.5) is 0 Å². The fourth-order valence-electron chi connectivity index (χ4n) is 4.47. The van der Waals surface area contributed by atoms with E-state index in [0.29, 0.717) is 13.0 Å². The molecule has 2 N–H and O–H groups in total. The Morgan fingerprint density at radius 3 is 2.73 bits per heavy atom. The monoisotopic (exact) mass is 527 g/mol. The molecule has 0 radical (unpaired) electrons. The minimum absolute atomic E-state index is 0. The van der Waals surface area contributed by atoms with E-state index in [1.54, 1.807) is 0 Å². The molecule has 1 atom stereocenters. The van der Waals surface area contributed by atoms with Crippen LogP contribution in [0.1, 0.15) is 56.6 Å². The summed E-state index contributed by atoms with van der Waals surface area (Å²) in [7, 11) is 1.82.